The molecule has 5 heteroatoms. The van der Waals surface area contributed by atoms with Crippen LogP contribution < -0.4 is 0 Å². The zero-order valence-electron chi connectivity index (χ0n) is 12.9. The van der Waals surface area contributed by atoms with Crippen molar-refractivity contribution in [3.8, 4) is 0 Å². The van der Waals surface area contributed by atoms with E-state index in [9.17, 15) is 9.59 Å². The van der Waals surface area contributed by atoms with Crippen LogP contribution in [0.1, 0.15) is 17.5 Å². The number of piperazine rings is 1. The van der Waals surface area contributed by atoms with E-state index in [0.29, 0.717) is 32.6 Å². The predicted molar refractivity (Wildman–Crippen MR) is 84.3 cm³/mol. The number of carbonyl (C=O) groups excluding carboxylic acids is 2. The first kappa shape index (κ1) is 15.0. The summed E-state index contributed by atoms with van der Waals surface area (Å²) < 4.78 is 0. The Balaban J connectivity index is 1.45. The number of nitrogens with zero attached hydrogens (tertiary/aromatic N) is 3. The van der Waals surface area contributed by atoms with E-state index in [1.807, 2.05) is 4.90 Å². The summed E-state index contributed by atoms with van der Waals surface area (Å²) in [4.78, 5) is 28.9. The number of amides is 2. The molecule has 2 amide bonds. The van der Waals surface area contributed by atoms with Gasteiger partial charge in [-0.05, 0) is 17.5 Å². The smallest absolute Gasteiger partial charge is 0.223 e. The minimum absolute atomic E-state index is 0.212. The predicted octanol–water partition coefficient (Wildman–Crippen LogP) is 0.735. The summed E-state index contributed by atoms with van der Waals surface area (Å²) in [5.74, 6) is 0.212. The minimum Gasteiger partial charge on any atom is -0.342 e. The fourth-order valence-corrected chi connectivity index (χ4v) is 3.23. The molecular formula is C17H23N3O2. The van der Waals surface area contributed by atoms with Gasteiger partial charge in [0.15, 0.2) is 0 Å². The van der Waals surface area contributed by atoms with Crippen LogP contribution in [-0.4, -0.2) is 66.3 Å². The molecule has 0 bridgehead atoms. The zero-order valence-corrected chi connectivity index (χ0v) is 12.9. The summed E-state index contributed by atoms with van der Waals surface area (Å²) in [6.45, 7) is 5.45. The first-order chi connectivity index (χ1) is 10.8. The van der Waals surface area contributed by atoms with Crippen LogP contribution in [0.2, 0.25) is 0 Å². The van der Waals surface area contributed by atoms with Gasteiger partial charge in [-0.1, -0.05) is 24.3 Å². The number of benzene rings is 1. The van der Waals surface area contributed by atoms with Gasteiger partial charge >= 0.3 is 0 Å². The molecule has 1 aromatic rings. The summed E-state index contributed by atoms with van der Waals surface area (Å²) in [5, 5.41) is 0. The Morgan fingerprint density at radius 2 is 1.77 bits per heavy atom. The highest BCUT2D eigenvalue weighted by Gasteiger charge is 2.21. The Labute approximate surface area is 131 Å². The van der Waals surface area contributed by atoms with Crippen LogP contribution in [0.15, 0.2) is 24.3 Å². The van der Waals surface area contributed by atoms with E-state index in [4.69, 9.17) is 0 Å². The lowest BCUT2D eigenvalue weighted by atomic mass is 10.00. The van der Waals surface area contributed by atoms with E-state index < -0.39 is 0 Å². The molecule has 0 unspecified atom stereocenters. The molecule has 2 heterocycles. The topological polar surface area (TPSA) is 43.9 Å². The molecule has 2 aliphatic rings. The molecule has 0 spiro atoms. The highest BCUT2D eigenvalue weighted by atomic mass is 16.2. The molecule has 5 nitrogen and oxygen atoms in total. The van der Waals surface area contributed by atoms with Gasteiger partial charge in [-0.3, -0.25) is 14.5 Å². The maximum absolute atomic E-state index is 12.3. The molecule has 1 aromatic carbocycles. The Hall–Kier alpha value is -1.88. The van der Waals surface area contributed by atoms with Crippen LogP contribution in [0, 0.1) is 0 Å². The van der Waals surface area contributed by atoms with Crippen LogP contribution in [0.25, 0.3) is 0 Å². The molecule has 0 radical (unpaired) electrons. The highest BCUT2D eigenvalue weighted by molar-refractivity contribution is 5.76. The largest absolute Gasteiger partial charge is 0.342 e. The molecule has 3 rings (SSSR count). The second kappa shape index (κ2) is 6.92. The summed E-state index contributed by atoms with van der Waals surface area (Å²) >= 11 is 0. The molecule has 1 saturated heterocycles. The van der Waals surface area contributed by atoms with Crippen molar-refractivity contribution >= 4 is 12.3 Å². The van der Waals surface area contributed by atoms with E-state index in [-0.39, 0.29) is 5.91 Å². The Bertz CT molecular complexity index is 538. The van der Waals surface area contributed by atoms with Crippen molar-refractivity contribution < 1.29 is 9.59 Å². The monoisotopic (exact) mass is 301 g/mol. The molecular weight excluding hydrogens is 278 g/mol. The molecule has 118 valence electrons. The van der Waals surface area contributed by atoms with Crippen LogP contribution in [0.5, 0.6) is 0 Å². The van der Waals surface area contributed by atoms with Crippen molar-refractivity contribution in [2.45, 2.75) is 19.4 Å². The quantitative estimate of drug-likeness (QED) is 0.770. The van der Waals surface area contributed by atoms with Gasteiger partial charge in [0, 0.05) is 52.2 Å². The third-order valence-corrected chi connectivity index (χ3v) is 4.67. The highest BCUT2D eigenvalue weighted by Crippen LogP contribution is 2.18. The van der Waals surface area contributed by atoms with Gasteiger partial charge in [-0.2, -0.15) is 0 Å². The van der Waals surface area contributed by atoms with E-state index in [2.05, 4.69) is 29.2 Å². The van der Waals surface area contributed by atoms with Crippen molar-refractivity contribution in [3.05, 3.63) is 35.4 Å². The minimum atomic E-state index is 0.212. The number of hydrogen-bond donors (Lipinski definition) is 0. The second-order valence-corrected chi connectivity index (χ2v) is 6.07. The maximum atomic E-state index is 12.3. The standard InChI is InChI=1S/C17H23N3O2/c21-14-19-9-11-20(12-10-19)17(22)6-8-18-7-5-15-3-1-2-4-16(15)13-18/h1-4,14H,5-13H2. The van der Waals surface area contributed by atoms with Gasteiger partial charge in [0.1, 0.15) is 0 Å². The van der Waals surface area contributed by atoms with Gasteiger partial charge in [-0.25, -0.2) is 0 Å². The van der Waals surface area contributed by atoms with Crippen molar-refractivity contribution in [3.63, 3.8) is 0 Å². The zero-order chi connectivity index (χ0) is 15.4. The molecule has 0 aromatic heterocycles. The molecule has 0 saturated carbocycles. The van der Waals surface area contributed by atoms with Gasteiger partial charge < -0.3 is 9.80 Å². The molecule has 0 atom stereocenters. The SMILES string of the molecule is O=CN1CCN(C(=O)CCN2CCc3ccccc3C2)CC1. The molecule has 22 heavy (non-hydrogen) atoms. The summed E-state index contributed by atoms with van der Waals surface area (Å²) in [6.07, 6.45) is 2.51. The van der Waals surface area contributed by atoms with Crippen LogP contribution in [0.3, 0.4) is 0 Å². The summed E-state index contributed by atoms with van der Waals surface area (Å²) in [6, 6.07) is 8.56. The molecule has 0 aliphatic carbocycles. The second-order valence-electron chi connectivity index (χ2n) is 6.07. The van der Waals surface area contributed by atoms with Crippen LogP contribution >= 0.6 is 0 Å². The lowest BCUT2D eigenvalue weighted by Gasteiger charge is -2.33. The van der Waals surface area contributed by atoms with Gasteiger partial charge in [-0.15, -0.1) is 0 Å². The lowest BCUT2D eigenvalue weighted by Crippen LogP contribution is -2.48. The van der Waals surface area contributed by atoms with Gasteiger partial charge in [0.05, 0.1) is 0 Å². The van der Waals surface area contributed by atoms with Gasteiger partial charge in [0.2, 0.25) is 12.3 Å². The summed E-state index contributed by atoms with van der Waals surface area (Å²) in [7, 11) is 0. The Morgan fingerprint density at radius 1 is 1.05 bits per heavy atom. The van der Waals surface area contributed by atoms with Crippen LogP contribution in [-0.2, 0) is 22.6 Å². The first-order valence-electron chi connectivity index (χ1n) is 8.02. The van der Waals surface area contributed by atoms with Crippen molar-refractivity contribution in [2.24, 2.45) is 0 Å². The average Bonchev–Trinajstić information content (AvgIpc) is 2.59. The first-order valence-corrected chi connectivity index (χ1v) is 8.02. The van der Waals surface area contributed by atoms with E-state index >= 15 is 0 Å². The number of rotatable bonds is 4. The van der Waals surface area contributed by atoms with E-state index in [1.54, 1.807) is 4.90 Å². The summed E-state index contributed by atoms with van der Waals surface area (Å²) in [5.41, 5.74) is 2.83. The van der Waals surface area contributed by atoms with E-state index in [0.717, 1.165) is 32.5 Å². The normalized spacial score (nSPS) is 18.9. The number of hydrogen-bond acceptors (Lipinski definition) is 3. The fourth-order valence-electron chi connectivity index (χ4n) is 3.23. The van der Waals surface area contributed by atoms with Crippen molar-refractivity contribution in [1.29, 1.82) is 0 Å². The van der Waals surface area contributed by atoms with E-state index in [1.165, 1.54) is 11.1 Å². The van der Waals surface area contributed by atoms with Gasteiger partial charge in [0.25, 0.3) is 0 Å². The Morgan fingerprint density at radius 3 is 2.50 bits per heavy atom. The lowest BCUT2D eigenvalue weighted by molar-refractivity contribution is -0.135. The molecule has 0 N–H and O–H groups in total. The average molecular weight is 301 g/mol. The fraction of sp³-hybridized carbons (Fsp3) is 0.529. The third-order valence-electron chi connectivity index (χ3n) is 4.67. The van der Waals surface area contributed by atoms with Crippen LogP contribution in [0.4, 0.5) is 0 Å². The number of carbonyl (C=O) groups is 2. The molecule has 2 aliphatic heterocycles. The van der Waals surface area contributed by atoms with Crippen molar-refractivity contribution in [2.75, 3.05) is 39.3 Å². The maximum Gasteiger partial charge on any atom is 0.223 e. The molecule has 1 fully saturated rings. The van der Waals surface area contributed by atoms with Crippen molar-refractivity contribution in [1.82, 2.24) is 14.7 Å². The number of fused-ring (bicyclic) bond motifs is 1. The third kappa shape index (κ3) is 3.47. The Kier molecular flexibility index (Phi) is 4.73.